The number of alkyl halides is 3. The minimum absolute atomic E-state index is 0.00667. The third-order valence-electron chi connectivity index (χ3n) is 3.02. The highest BCUT2D eigenvalue weighted by atomic mass is 19.4. The number of rotatable bonds is 3. The van der Waals surface area contributed by atoms with Crippen LogP contribution >= 0.6 is 0 Å². The van der Waals surface area contributed by atoms with Gasteiger partial charge < -0.3 is 5.11 Å². The van der Waals surface area contributed by atoms with Crippen LogP contribution in [0.25, 0.3) is 17.2 Å². The van der Waals surface area contributed by atoms with E-state index in [1.807, 2.05) is 0 Å². The molecule has 24 heavy (non-hydrogen) atoms. The van der Waals surface area contributed by atoms with Crippen molar-refractivity contribution in [1.29, 1.82) is 0 Å². The molecule has 3 heterocycles. The van der Waals surface area contributed by atoms with E-state index < -0.39 is 23.8 Å². The van der Waals surface area contributed by atoms with Crippen molar-refractivity contribution in [1.82, 2.24) is 29.5 Å². The van der Waals surface area contributed by atoms with Gasteiger partial charge in [-0.3, -0.25) is 4.68 Å². The Morgan fingerprint density at radius 2 is 2.04 bits per heavy atom. The van der Waals surface area contributed by atoms with Gasteiger partial charge in [0.2, 0.25) is 0 Å². The molecule has 0 aliphatic carbocycles. The summed E-state index contributed by atoms with van der Waals surface area (Å²) in [6, 6.07) is 1.93. The number of aromatic nitrogens is 6. The Bertz CT molecular complexity index is 915. The molecule has 0 radical (unpaired) electrons. The molecule has 8 nitrogen and oxygen atoms in total. The lowest BCUT2D eigenvalue weighted by Crippen LogP contribution is -2.13. The maximum absolute atomic E-state index is 13.1. The number of nitrogens with zero attached hydrogens (tertiary/aromatic N) is 6. The van der Waals surface area contributed by atoms with Gasteiger partial charge in [0.25, 0.3) is 5.95 Å². The van der Waals surface area contributed by atoms with Gasteiger partial charge in [0.1, 0.15) is 0 Å². The molecular weight excluding hydrogens is 329 g/mol. The first kappa shape index (κ1) is 15.6. The molecule has 0 bridgehead atoms. The Kier molecular flexibility index (Phi) is 3.55. The van der Waals surface area contributed by atoms with Crippen LogP contribution in [0.5, 0.6) is 0 Å². The molecule has 1 N–H and O–H groups in total. The predicted octanol–water partition coefficient (Wildman–Crippen LogP) is 1.78. The first-order valence-corrected chi connectivity index (χ1v) is 6.48. The lowest BCUT2D eigenvalue weighted by molar-refractivity contribution is -0.141. The van der Waals surface area contributed by atoms with Crippen LogP contribution in [-0.4, -0.2) is 40.6 Å². The molecular formula is C13H9F3N6O2. The van der Waals surface area contributed by atoms with Gasteiger partial charge in [-0.1, -0.05) is 0 Å². The molecule has 3 rings (SSSR count). The van der Waals surface area contributed by atoms with E-state index in [-0.39, 0.29) is 11.4 Å². The minimum Gasteiger partial charge on any atom is -0.476 e. The van der Waals surface area contributed by atoms with Gasteiger partial charge in [0.05, 0.1) is 11.9 Å². The van der Waals surface area contributed by atoms with Crippen LogP contribution in [0.3, 0.4) is 0 Å². The van der Waals surface area contributed by atoms with Crippen LogP contribution in [0.15, 0.2) is 30.7 Å². The zero-order chi connectivity index (χ0) is 17.5. The maximum atomic E-state index is 13.1. The van der Waals surface area contributed by atoms with Crippen molar-refractivity contribution in [2.24, 2.45) is 7.05 Å². The van der Waals surface area contributed by atoms with E-state index in [1.54, 1.807) is 7.05 Å². The molecule has 11 heteroatoms. The molecule has 0 saturated carbocycles. The SMILES string of the molecule is Cn1cc(-c2cc(C(F)(F)F)nc(-n3ccc(C(=O)O)n3)n2)cn1. The van der Waals surface area contributed by atoms with E-state index >= 15 is 0 Å². The van der Waals surface area contributed by atoms with Gasteiger partial charge in [-0.2, -0.15) is 23.4 Å². The highest BCUT2D eigenvalue weighted by Crippen LogP contribution is 2.30. The van der Waals surface area contributed by atoms with Crippen LogP contribution in [-0.2, 0) is 13.2 Å². The van der Waals surface area contributed by atoms with E-state index in [9.17, 15) is 18.0 Å². The minimum atomic E-state index is -4.70. The summed E-state index contributed by atoms with van der Waals surface area (Å²) >= 11 is 0. The lowest BCUT2D eigenvalue weighted by Gasteiger charge is -2.09. The summed E-state index contributed by atoms with van der Waals surface area (Å²) in [6.45, 7) is 0. The summed E-state index contributed by atoms with van der Waals surface area (Å²) < 4.78 is 41.5. The molecule has 0 spiro atoms. The van der Waals surface area contributed by atoms with Crippen molar-refractivity contribution in [3.8, 4) is 17.2 Å². The number of hydrogen-bond donors (Lipinski definition) is 1. The van der Waals surface area contributed by atoms with E-state index in [2.05, 4.69) is 20.2 Å². The molecule has 3 aromatic rings. The summed E-state index contributed by atoms with van der Waals surface area (Å²) in [4.78, 5) is 18.3. The topological polar surface area (TPSA) is 98.7 Å². The van der Waals surface area contributed by atoms with Crippen LogP contribution in [0.2, 0.25) is 0 Å². The maximum Gasteiger partial charge on any atom is 0.433 e. The van der Waals surface area contributed by atoms with Crippen molar-refractivity contribution in [2.45, 2.75) is 6.18 Å². The van der Waals surface area contributed by atoms with E-state index in [0.717, 1.165) is 16.8 Å². The average molecular weight is 338 g/mol. The van der Waals surface area contributed by atoms with E-state index in [1.165, 1.54) is 23.3 Å². The number of carbonyl (C=O) groups is 1. The second-order valence-corrected chi connectivity index (χ2v) is 4.79. The van der Waals surface area contributed by atoms with Crippen LogP contribution < -0.4 is 0 Å². The fourth-order valence-electron chi connectivity index (χ4n) is 1.93. The van der Waals surface area contributed by atoms with E-state index in [4.69, 9.17) is 5.11 Å². The van der Waals surface area contributed by atoms with Gasteiger partial charge in [-0.15, -0.1) is 0 Å². The van der Waals surface area contributed by atoms with Crippen LogP contribution in [0.1, 0.15) is 16.2 Å². The number of halogens is 3. The Morgan fingerprint density at radius 3 is 2.58 bits per heavy atom. The highest BCUT2D eigenvalue weighted by Gasteiger charge is 2.34. The first-order valence-electron chi connectivity index (χ1n) is 6.48. The zero-order valence-corrected chi connectivity index (χ0v) is 12.1. The lowest BCUT2D eigenvalue weighted by atomic mass is 10.2. The number of aryl methyl sites for hydroxylation is 1. The summed E-state index contributed by atoms with van der Waals surface area (Å²) in [6.07, 6.45) is -0.667. The molecule has 0 atom stereocenters. The number of carboxylic acids is 1. The highest BCUT2D eigenvalue weighted by molar-refractivity contribution is 5.85. The van der Waals surface area contributed by atoms with Crippen LogP contribution in [0.4, 0.5) is 13.2 Å². The fourth-order valence-corrected chi connectivity index (χ4v) is 1.93. The van der Waals surface area contributed by atoms with Gasteiger partial charge in [0.15, 0.2) is 11.4 Å². The van der Waals surface area contributed by atoms with Gasteiger partial charge in [0, 0.05) is 25.0 Å². The molecule has 124 valence electrons. The normalized spacial score (nSPS) is 11.7. The second kappa shape index (κ2) is 5.44. The van der Waals surface area contributed by atoms with Crippen molar-refractivity contribution in [3.63, 3.8) is 0 Å². The summed E-state index contributed by atoms with van der Waals surface area (Å²) in [5.41, 5.74) is -1.15. The van der Waals surface area contributed by atoms with Crippen molar-refractivity contribution in [2.75, 3.05) is 0 Å². The Morgan fingerprint density at radius 1 is 1.29 bits per heavy atom. The Balaban J connectivity index is 2.16. The molecule has 0 unspecified atom stereocenters. The van der Waals surface area contributed by atoms with Crippen molar-refractivity contribution < 1.29 is 23.1 Å². The molecule has 0 saturated heterocycles. The second-order valence-electron chi connectivity index (χ2n) is 4.79. The quantitative estimate of drug-likeness (QED) is 0.781. The Hall–Kier alpha value is -3.24. The fraction of sp³-hybridized carbons (Fsp3) is 0.154. The smallest absolute Gasteiger partial charge is 0.433 e. The molecule has 0 fully saturated rings. The molecule has 0 aliphatic rings. The number of hydrogen-bond acceptors (Lipinski definition) is 5. The number of carboxylic acid groups (broad SMARTS) is 1. The zero-order valence-electron chi connectivity index (χ0n) is 12.1. The first-order chi connectivity index (χ1) is 11.2. The third kappa shape index (κ3) is 2.95. The monoisotopic (exact) mass is 338 g/mol. The molecule has 0 amide bonds. The van der Waals surface area contributed by atoms with Crippen molar-refractivity contribution in [3.05, 3.63) is 42.1 Å². The number of aromatic carboxylic acids is 1. The van der Waals surface area contributed by atoms with Crippen molar-refractivity contribution >= 4 is 5.97 Å². The van der Waals surface area contributed by atoms with Gasteiger partial charge in [-0.05, 0) is 12.1 Å². The van der Waals surface area contributed by atoms with Gasteiger partial charge >= 0.3 is 12.1 Å². The van der Waals surface area contributed by atoms with Crippen LogP contribution in [0, 0.1) is 0 Å². The summed E-state index contributed by atoms with van der Waals surface area (Å²) in [5, 5.41) is 16.4. The standard InChI is InChI=1S/C13H9F3N6O2/c1-21-6-7(5-17-21)9-4-10(13(14,15)16)19-12(18-9)22-3-2-8(20-22)11(23)24/h2-6H,1H3,(H,23,24). The van der Waals surface area contributed by atoms with Gasteiger partial charge in [-0.25, -0.2) is 19.4 Å². The molecule has 3 aromatic heterocycles. The van der Waals surface area contributed by atoms with E-state index in [0.29, 0.717) is 5.56 Å². The molecule has 0 aliphatic heterocycles. The largest absolute Gasteiger partial charge is 0.476 e. The average Bonchev–Trinajstić information content (AvgIpc) is 3.14. The summed E-state index contributed by atoms with van der Waals surface area (Å²) in [5.74, 6) is -1.70. The molecule has 0 aromatic carbocycles. The Labute approximate surface area is 132 Å². The predicted molar refractivity (Wildman–Crippen MR) is 73.3 cm³/mol. The summed E-state index contributed by atoms with van der Waals surface area (Å²) in [7, 11) is 1.61. The third-order valence-corrected chi connectivity index (χ3v) is 3.02.